The van der Waals surface area contributed by atoms with Crippen molar-refractivity contribution >= 4 is 0 Å². The van der Waals surface area contributed by atoms with Gasteiger partial charge in [0.15, 0.2) is 0 Å². The van der Waals surface area contributed by atoms with Gasteiger partial charge in [-0.1, -0.05) is 18.2 Å². The average molecular weight is 294 g/mol. The predicted molar refractivity (Wildman–Crippen MR) is 83.4 cm³/mol. The average Bonchev–Trinajstić information content (AvgIpc) is 2.72. The van der Waals surface area contributed by atoms with Gasteiger partial charge >= 0.3 is 0 Å². The molecule has 112 valence electrons. The van der Waals surface area contributed by atoms with Crippen LogP contribution in [0, 0.1) is 11.3 Å². The maximum absolute atomic E-state index is 9.12. The van der Waals surface area contributed by atoms with Gasteiger partial charge in [0.25, 0.3) is 0 Å². The monoisotopic (exact) mass is 294 g/mol. The molecule has 0 radical (unpaired) electrons. The second-order valence-electron chi connectivity index (χ2n) is 5.49. The van der Waals surface area contributed by atoms with Crippen molar-refractivity contribution in [3.05, 3.63) is 64.7 Å². The summed E-state index contributed by atoms with van der Waals surface area (Å²) in [5.74, 6) is 0.814. The molecule has 1 aliphatic rings. The number of hydrogen-bond donors (Lipinski definition) is 0. The summed E-state index contributed by atoms with van der Waals surface area (Å²) < 4.78 is 11.4. The number of rotatable bonds is 2. The third-order valence-electron chi connectivity index (χ3n) is 3.85. The SMILES string of the molecule is COc1cccc(C2OCN(C)Cc3cc(C#N)ccc32)c1. The number of fused-ring (bicyclic) bond motifs is 1. The molecule has 0 aromatic heterocycles. The predicted octanol–water partition coefficient (Wildman–Crippen LogP) is 3.08. The molecule has 1 aliphatic heterocycles. The Morgan fingerprint density at radius 3 is 2.91 bits per heavy atom. The minimum atomic E-state index is -0.150. The summed E-state index contributed by atoms with van der Waals surface area (Å²) in [6.07, 6.45) is -0.150. The molecule has 0 saturated carbocycles. The van der Waals surface area contributed by atoms with E-state index in [1.54, 1.807) is 7.11 Å². The molecule has 22 heavy (non-hydrogen) atoms. The van der Waals surface area contributed by atoms with Crippen LogP contribution in [0.5, 0.6) is 5.75 Å². The van der Waals surface area contributed by atoms with E-state index >= 15 is 0 Å². The third-order valence-corrected chi connectivity index (χ3v) is 3.85. The molecule has 0 spiro atoms. The fourth-order valence-corrected chi connectivity index (χ4v) is 2.78. The van der Waals surface area contributed by atoms with E-state index < -0.39 is 0 Å². The first-order chi connectivity index (χ1) is 10.7. The largest absolute Gasteiger partial charge is 0.497 e. The maximum atomic E-state index is 9.12. The summed E-state index contributed by atoms with van der Waals surface area (Å²) in [5, 5.41) is 9.12. The molecular weight excluding hydrogens is 276 g/mol. The van der Waals surface area contributed by atoms with Crippen molar-refractivity contribution in [3.8, 4) is 11.8 Å². The lowest BCUT2D eigenvalue weighted by molar-refractivity contribution is 0.0116. The smallest absolute Gasteiger partial charge is 0.119 e. The summed E-state index contributed by atoms with van der Waals surface area (Å²) in [6, 6.07) is 15.9. The molecule has 2 aromatic rings. The van der Waals surface area contributed by atoms with Crippen LogP contribution < -0.4 is 4.74 Å². The molecule has 4 nitrogen and oxygen atoms in total. The quantitative estimate of drug-likeness (QED) is 0.854. The lowest BCUT2D eigenvalue weighted by atomic mass is 9.95. The highest BCUT2D eigenvalue weighted by atomic mass is 16.5. The van der Waals surface area contributed by atoms with Crippen LogP contribution in [-0.4, -0.2) is 25.8 Å². The van der Waals surface area contributed by atoms with E-state index in [2.05, 4.69) is 11.0 Å². The van der Waals surface area contributed by atoms with Gasteiger partial charge < -0.3 is 9.47 Å². The molecule has 0 amide bonds. The highest BCUT2D eigenvalue weighted by Crippen LogP contribution is 2.33. The Hall–Kier alpha value is -2.35. The Labute approximate surface area is 130 Å². The minimum Gasteiger partial charge on any atom is -0.497 e. The fourth-order valence-electron chi connectivity index (χ4n) is 2.78. The Kier molecular flexibility index (Phi) is 4.10. The van der Waals surface area contributed by atoms with Crippen molar-refractivity contribution in [2.24, 2.45) is 0 Å². The van der Waals surface area contributed by atoms with Gasteiger partial charge in [0.1, 0.15) is 18.6 Å². The van der Waals surface area contributed by atoms with Gasteiger partial charge in [-0.05, 0) is 48.0 Å². The zero-order valence-corrected chi connectivity index (χ0v) is 12.7. The Balaban J connectivity index is 2.07. The summed E-state index contributed by atoms with van der Waals surface area (Å²) >= 11 is 0. The van der Waals surface area contributed by atoms with Gasteiger partial charge in [-0.25, -0.2) is 0 Å². The summed E-state index contributed by atoms with van der Waals surface area (Å²) in [6.45, 7) is 1.31. The Morgan fingerprint density at radius 2 is 2.14 bits per heavy atom. The number of benzene rings is 2. The molecule has 1 unspecified atom stereocenters. The lowest BCUT2D eigenvalue weighted by Crippen LogP contribution is -2.19. The molecule has 0 bridgehead atoms. The Bertz CT molecular complexity index is 721. The maximum Gasteiger partial charge on any atom is 0.119 e. The van der Waals surface area contributed by atoms with Crippen LogP contribution in [0.4, 0.5) is 0 Å². The van der Waals surface area contributed by atoms with Crippen molar-refractivity contribution < 1.29 is 9.47 Å². The van der Waals surface area contributed by atoms with Crippen molar-refractivity contribution in [2.45, 2.75) is 12.6 Å². The molecule has 0 aliphatic carbocycles. The van der Waals surface area contributed by atoms with Gasteiger partial charge in [-0.2, -0.15) is 5.26 Å². The van der Waals surface area contributed by atoms with E-state index in [0.29, 0.717) is 12.3 Å². The van der Waals surface area contributed by atoms with Crippen molar-refractivity contribution in [2.75, 3.05) is 20.9 Å². The number of ether oxygens (including phenoxy) is 2. The second-order valence-corrected chi connectivity index (χ2v) is 5.49. The van der Waals surface area contributed by atoms with E-state index in [1.165, 1.54) is 0 Å². The molecule has 4 heteroatoms. The van der Waals surface area contributed by atoms with Crippen LogP contribution in [0.15, 0.2) is 42.5 Å². The van der Waals surface area contributed by atoms with Crippen LogP contribution in [-0.2, 0) is 11.3 Å². The van der Waals surface area contributed by atoms with Crippen molar-refractivity contribution in [1.29, 1.82) is 5.26 Å². The first kappa shape index (κ1) is 14.6. The fraction of sp³-hybridized carbons (Fsp3) is 0.278. The van der Waals surface area contributed by atoms with Crippen molar-refractivity contribution in [1.82, 2.24) is 4.90 Å². The van der Waals surface area contributed by atoms with E-state index in [0.717, 1.165) is 29.0 Å². The first-order valence-electron chi connectivity index (χ1n) is 7.18. The number of methoxy groups -OCH3 is 1. The standard InChI is InChI=1S/C18H18N2O2/c1-20-11-15-8-13(10-19)6-7-17(15)18(22-12-20)14-4-3-5-16(9-14)21-2/h3-9,18H,11-12H2,1-2H3. The molecule has 0 N–H and O–H groups in total. The zero-order valence-electron chi connectivity index (χ0n) is 12.7. The van der Waals surface area contributed by atoms with E-state index in [-0.39, 0.29) is 6.10 Å². The van der Waals surface area contributed by atoms with E-state index in [4.69, 9.17) is 14.7 Å². The second kappa shape index (κ2) is 6.18. The van der Waals surface area contributed by atoms with Gasteiger partial charge in [0, 0.05) is 6.54 Å². The third kappa shape index (κ3) is 2.82. The number of hydrogen-bond acceptors (Lipinski definition) is 4. The topological polar surface area (TPSA) is 45.5 Å². The van der Waals surface area contributed by atoms with Crippen LogP contribution in [0.2, 0.25) is 0 Å². The molecule has 0 fully saturated rings. The van der Waals surface area contributed by atoms with Crippen molar-refractivity contribution in [3.63, 3.8) is 0 Å². The molecule has 1 heterocycles. The summed E-state index contributed by atoms with van der Waals surface area (Å²) in [5.41, 5.74) is 3.97. The lowest BCUT2D eigenvalue weighted by Gasteiger charge is -2.19. The first-order valence-corrected chi connectivity index (χ1v) is 7.18. The molecular formula is C18H18N2O2. The van der Waals surface area contributed by atoms with E-state index in [1.807, 2.05) is 49.5 Å². The summed E-state index contributed by atoms with van der Waals surface area (Å²) in [7, 11) is 3.67. The van der Waals surface area contributed by atoms with Gasteiger partial charge in [-0.15, -0.1) is 0 Å². The highest BCUT2D eigenvalue weighted by molar-refractivity contribution is 5.44. The van der Waals surface area contributed by atoms with Gasteiger partial charge in [-0.3, -0.25) is 4.90 Å². The minimum absolute atomic E-state index is 0.150. The normalized spacial score (nSPS) is 18.1. The van der Waals surface area contributed by atoms with Gasteiger partial charge in [0.2, 0.25) is 0 Å². The zero-order chi connectivity index (χ0) is 15.5. The molecule has 0 saturated heterocycles. The summed E-state index contributed by atoms with van der Waals surface area (Å²) in [4.78, 5) is 2.10. The van der Waals surface area contributed by atoms with E-state index in [9.17, 15) is 0 Å². The number of nitriles is 1. The molecule has 1 atom stereocenters. The van der Waals surface area contributed by atoms with Crippen LogP contribution in [0.3, 0.4) is 0 Å². The van der Waals surface area contributed by atoms with Gasteiger partial charge in [0.05, 0.1) is 18.7 Å². The highest BCUT2D eigenvalue weighted by Gasteiger charge is 2.23. The molecule has 3 rings (SSSR count). The van der Waals surface area contributed by atoms with Crippen LogP contribution in [0.25, 0.3) is 0 Å². The molecule has 2 aromatic carbocycles. The van der Waals surface area contributed by atoms with Crippen LogP contribution >= 0.6 is 0 Å². The van der Waals surface area contributed by atoms with Crippen LogP contribution in [0.1, 0.15) is 28.4 Å². The number of nitrogens with zero attached hydrogens (tertiary/aromatic N) is 2. The Morgan fingerprint density at radius 1 is 1.27 bits per heavy atom.